The SMILES string of the molecule is C[C@]12C[C@@H]3N[C@H]1CCCC[C@H]2N(C(=O)COc1ccccc1F)[C@H]3Cc1ccccc1. The van der Waals surface area contributed by atoms with E-state index >= 15 is 0 Å². The van der Waals surface area contributed by atoms with Gasteiger partial charge in [0.2, 0.25) is 0 Å². The number of carbonyl (C=O) groups excluding carboxylic acids is 1. The Bertz CT molecular complexity index is 936. The third-order valence-corrected chi connectivity index (χ3v) is 7.77. The van der Waals surface area contributed by atoms with Crippen LogP contribution in [0, 0.1) is 11.2 Å². The van der Waals surface area contributed by atoms with Crippen molar-refractivity contribution in [3.05, 3.63) is 66.0 Å². The van der Waals surface area contributed by atoms with Crippen molar-refractivity contribution < 1.29 is 13.9 Å². The fraction of sp³-hybridized carbons (Fsp3) is 0.500. The fourth-order valence-electron chi connectivity index (χ4n) is 6.28. The van der Waals surface area contributed by atoms with Crippen LogP contribution in [0.25, 0.3) is 0 Å². The molecular formula is C26H31FN2O2. The number of nitrogens with one attached hydrogen (secondary N) is 1. The van der Waals surface area contributed by atoms with Gasteiger partial charge in [0, 0.05) is 23.5 Å². The van der Waals surface area contributed by atoms with E-state index in [1.165, 1.54) is 24.5 Å². The standard InChI is InChI=1S/C26H31FN2O2/c1-26-16-20-21(15-18-9-3-2-4-10-18)29(24(26)14-8-7-13-23(26)28-20)25(30)17-31-22-12-6-5-11-19(22)27/h2-6,9-12,20-21,23-24,28H,7-8,13-17H2,1H3/t20-,21-,23-,24+,26-/m0/s1. The molecule has 3 fully saturated rings. The monoisotopic (exact) mass is 422 g/mol. The molecule has 1 amide bonds. The molecular weight excluding hydrogens is 391 g/mol. The molecule has 1 N–H and O–H groups in total. The zero-order valence-corrected chi connectivity index (χ0v) is 18.1. The molecule has 0 unspecified atom stereocenters. The summed E-state index contributed by atoms with van der Waals surface area (Å²) in [4.78, 5) is 15.7. The Morgan fingerprint density at radius 2 is 1.87 bits per heavy atom. The quantitative estimate of drug-likeness (QED) is 0.780. The molecule has 0 aromatic heterocycles. The molecule has 2 saturated heterocycles. The lowest BCUT2D eigenvalue weighted by molar-refractivity contribution is -0.145. The van der Waals surface area contributed by atoms with Crippen molar-refractivity contribution >= 4 is 5.91 Å². The Hall–Kier alpha value is -2.40. The summed E-state index contributed by atoms with van der Waals surface area (Å²) in [7, 11) is 0. The molecule has 5 heteroatoms. The molecule has 2 bridgehead atoms. The van der Waals surface area contributed by atoms with Gasteiger partial charge < -0.3 is 15.0 Å². The molecule has 2 aromatic carbocycles. The van der Waals surface area contributed by atoms with E-state index in [-0.39, 0.29) is 41.8 Å². The number of hydrogen-bond acceptors (Lipinski definition) is 3. The molecule has 5 rings (SSSR count). The van der Waals surface area contributed by atoms with Gasteiger partial charge in [0.05, 0.1) is 6.04 Å². The fourth-order valence-corrected chi connectivity index (χ4v) is 6.28. The van der Waals surface area contributed by atoms with E-state index in [2.05, 4.69) is 41.4 Å². The second-order valence-corrected chi connectivity index (χ2v) is 9.61. The Morgan fingerprint density at radius 1 is 1.13 bits per heavy atom. The third-order valence-electron chi connectivity index (χ3n) is 7.77. The number of carbonyl (C=O) groups is 1. The molecule has 2 heterocycles. The van der Waals surface area contributed by atoms with Crippen molar-refractivity contribution in [2.45, 2.75) is 69.6 Å². The largest absolute Gasteiger partial charge is 0.481 e. The number of ether oxygens (including phenoxy) is 1. The number of amides is 1. The first-order valence-corrected chi connectivity index (χ1v) is 11.5. The number of nitrogens with zero attached hydrogens (tertiary/aromatic N) is 1. The molecule has 0 radical (unpaired) electrons. The summed E-state index contributed by atoms with van der Waals surface area (Å²) in [6.45, 7) is 2.23. The minimum Gasteiger partial charge on any atom is -0.481 e. The second-order valence-electron chi connectivity index (χ2n) is 9.61. The van der Waals surface area contributed by atoms with Crippen LogP contribution in [0.3, 0.4) is 0 Å². The lowest BCUT2D eigenvalue weighted by atomic mass is 9.69. The smallest absolute Gasteiger partial charge is 0.261 e. The summed E-state index contributed by atoms with van der Waals surface area (Å²) >= 11 is 0. The Morgan fingerprint density at radius 3 is 2.68 bits per heavy atom. The highest BCUT2D eigenvalue weighted by Gasteiger charge is 2.59. The van der Waals surface area contributed by atoms with Gasteiger partial charge in [-0.1, -0.05) is 62.2 Å². The molecule has 4 nitrogen and oxygen atoms in total. The Kier molecular flexibility index (Phi) is 5.47. The first-order valence-electron chi connectivity index (χ1n) is 11.5. The average molecular weight is 423 g/mol. The lowest BCUT2D eigenvalue weighted by Gasteiger charge is -2.51. The number of likely N-dealkylation sites (tertiary alicyclic amines) is 1. The lowest BCUT2D eigenvalue weighted by Crippen LogP contribution is -2.62. The first-order chi connectivity index (χ1) is 15.1. The molecule has 1 aliphatic carbocycles. The van der Waals surface area contributed by atoms with E-state index < -0.39 is 5.82 Å². The van der Waals surface area contributed by atoms with Gasteiger partial charge in [-0.15, -0.1) is 0 Å². The number of para-hydroxylation sites is 1. The zero-order chi connectivity index (χ0) is 21.4. The van der Waals surface area contributed by atoms with E-state index in [0.29, 0.717) is 6.04 Å². The van der Waals surface area contributed by atoms with Crippen molar-refractivity contribution in [3.63, 3.8) is 0 Å². The van der Waals surface area contributed by atoms with Gasteiger partial charge in [0.25, 0.3) is 5.91 Å². The van der Waals surface area contributed by atoms with Gasteiger partial charge in [-0.25, -0.2) is 4.39 Å². The number of benzene rings is 2. The number of hydrogen-bond donors (Lipinski definition) is 1. The van der Waals surface area contributed by atoms with Crippen LogP contribution in [0.5, 0.6) is 5.75 Å². The molecule has 0 spiro atoms. The van der Waals surface area contributed by atoms with Crippen molar-refractivity contribution in [2.24, 2.45) is 5.41 Å². The van der Waals surface area contributed by atoms with Crippen LogP contribution in [0.1, 0.15) is 44.6 Å². The van der Waals surface area contributed by atoms with Crippen LogP contribution < -0.4 is 10.1 Å². The van der Waals surface area contributed by atoms with E-state index in [4.69, 9.17) is 4.74 Å². The maximum atomic E-state index is 14.0. The summed E-state index contributed by atoms with van der Waals surface area (Å²) < 4.78 is 19.7. The summed E-state index contributed by atoms with van der Waals surface area (Å²) in [6, 6.07) is 17.7. The predicted octanol–water partition coefficient (Wildman–Crippen LogP) is 4.34. The van der Waals surface area contributed by atoms with E-state index in [1.807, 2.05) is 6.07 Å². The topological polar surface area (TPSA) is 41.6 Å². The van der Waals surface area contributed by atoms with E-state index in [0.717, 1.165) is 25.7 Å². The summed E-state index contributed by atoms with van der Waals surface area (Å²) in [5, 5.41) is 3.91. The zero-order valence-electron chi connectivity index (χ0n) is 18.1. The Labute approximate surface area is 183 Å². The van der Waals surface area contributed by atoms with Gasteiger partial charge in [-0.05, 0) is 43.4 Å². The first kappa shape index (κ1) is 20.5. The van der Waals surface area contributed by atoms with Crippen LogP contribution in [0.4, 0.5) is 4.39 Å². The number of rotatable bonds is 5. The summed E-state index contributed by atoms with van der Waals surface area (Å²) in [5.74, 6) is -0.328. The second kappa shape index (κ2) is 8.27. The normalized spacial score (nSPS) is 31.9. The van der Waals surface area contributed by atoms with Crippen LogP contribution >= 0.6 is 0 Å². The minimum absolute atomic E-state index is 0.0329. The maximum absolute atomic E-state index is 14.0. The van der Waals surface area contributed by atoms with E-state index in [1.54, 1.807) is 18.2 Å². The highest BCUT2D eigenvalue weighted by Crippen LogP contribution is 2.51. The Balaban J connectivity index is 1.44. The predicted molar refractivity (Wildman–Crippen MR) is 118 cm³/mol. The average Bonchev–Trinajstić information content (AvgIpc) is 2.98. The summed E-state index contributed by atoms with van der Waals surface area (Å²) in [5.41, 5.74) is 1.33. The molecule has 1 saturated carbocycles. The molecule has 164 valence electrons. The molecule has 2 aromatic rings. The van der Waals surface area contributed by atoms with Gasteiger partial charge in [-0.3, -0.25) is 4.79 Å². The highest BCUT2D eigenvalue weighted by molar-refractivity contribution is 5.79. The number of piperidine rings is 1. The number of fused-ring (bicyclic) bond motifs is 1. The van der Waals surface area contributed by atoms with Gasteiger partial charge >= 0.3 is 0 Å². The summed E-state index contributed by atoms with van der Waals surface area (Å²) in [6.07, 6.45) is 6.47. The van der Waals surface area contributed by atoms with Crippen LogP contribution in [0.15, 0.2) is 54.6 Å². The van der Waals surface area contributed by atoms with Gasteiger partial charge in [0.1, 0.15) is 0 Å². The molecule has 3 aliphatic rings. The van der Waals surface area contributed by atoms with Crippen LogP contribution in [0.2, 0.25) is 0 Å². The van der Waals surface area contributed by atoms with Gasteiger partial charge in [-0.2, -0.15) is 0 Å². The third kappa shape index (κ3) is 3.73. The van der Waals surface area contributed by atoms with Crippen molar-refractivity contribution in [3.8, 4) is 5.75 Å². The molecule has 5 atom stereocenters. The maximum Gasteiger partial charge on any atom is 0.261 e. The minimum atomic E-state index is -0.432. The van der Waals surface area contributed by atoms with Crippen molar-refractivity contribution in [1.29, 1.82) is 0 Å². The molecule has 31 heavy (non-hydrogen) atoms. The van der Waals surface area contributed by atoms with Gasteiger partial charge in [0.15, 0.2) is 18.2 Å². The van der Waals surface area contributed by atoms with E-state index in [9.17, 15) is 9.18 Å². The van der Waals surface area contributed by atoms with Crippen LogP contribution in [-0.4, -0.2) is 41.6 Å². The molecule has 2 aliphatic heterocycles. The van der Waals surface area contributed by atoms with Crippen LogP contribution in [-0.2, 0) is 11.2 Å². The number of halogens is 1. The van der Waals surface area contributed by atoms with Crippen molar-refractivity contribution in [2.75, 3.05) is 6.61 Å². The highest BCUT2D eigenvalue weighted by atomic mass is 19.1. The van der Waals surface area contributed by atoms with Crippen molar-refractivity contribution in [1.82, 2.24) is 10.2 Å².